The van der Waals surface area contributed by atoms with Gasteiger partial charge in [0.15, 0.2) is 5.58 Å². The number of hydrogen-bond donors (Lipinski definition) is 1. The van der Waals surface area contributed by atoms with Gasteiger partial charge in [0.2, 0.25) is 5.91 Å². The third-order valence-electron chi connectivity index (χ3n) is 3.54. The molecule has 1 N–H and O–H groups in total. The molecular weight excluding hydrogens is 398 g/mol. The summed E-state index contributed by atoms with van der Waals surface area (Å²) in [6.45, 7) is -2.41. The van der Waals surface area contributed by atoms with Crippen LogP contribution in [0, 0.1) is 0 Å². The van der Waals surface area contributed by atoms with Crippen LogP contribution >= 0.6 is 23.4 Å². The minimum absolute atomic E-state index is 0.105. The quantitative estimate of drug-likeness (QED) is 0.550. The number of oxazole rings is 1. The molecule has 0 spiro atoms. The van der Waals surface area contributed by atoms with Crippen molar-refractivity contribution in [3.8, 4) is 5.75 Å². The third kappa shape index (κ3) is 5.83. The van der Waals surface area contributed by atoms with Gasteiger partial charge in [0.25, 0.3) is 5.22 Å². The van der Waals surface area contributed by atoms with E-state index in [4.69, 9.17) is 16.0 Å². The summed E-state index contributed by atoms with van der Waals surface area (Å²) in [6.07, 6.45) is 0.576. The van der Waals surface area contributed by atoms with Crippen LogP contribution in [0.1, 0.15) is 5.56 Å². The molecule has 1 amide bonds. The molecule has 2 aromatic carbocycles. The number of amides is 1. The number of carbonyl (C=O) groups is 1. The largest absolute Gasteiger partial charge is 0.435 e. The maximum Gasteiger partial charge on any atom is 0.387 e. The lowest BCUT2D eigenvalue weighted by Crippen LogP contribution is -2.27. The van der Waals surface area contributed by atoms with Gasteiger partial charge in [-0.15, -0.1) is 0 Å². The Hall–Kier alpha value is -2.32. The molecule has 1 heterocycles. The molecule has 5 nitrogen and oxygen atoms in total. The van der Waals surface area contributed by atoms with E-state index in [1.807, 2.05) is 0 Å². The number of rotatable bonds is 8. The van der Waals surface area contributed by atoms with E-state index in [0.717, 1.165) is 5.56 Å². The SMILES string of the molecule is O=C(CSc1nc2ccc(Cl)cc2o1)NCCc1ccc(OC(F)F)cc1. The molecule has 0 saturated carbocycles. The van der Waals surface area contributed by atoms with Crippen molar-refractivity contribution >= 4 is 40.4 Å². The fourth-order valence-electron chi connectivity index (χ4n) is 2.30. The minimum atomic E-state index is -2.84. The Morgan fingerprint density at radius 1 is 1.26 bits per heavy atom. The van der Waals surface area contributed by atoms with Gasteiger partial charge in [-0.05, 0) is 36.2 Å². The molecule has 0 aliphatic heterocycles. The lowest BCUT2D eigenvalue weighted by molar-refractivity contribution is -0.118. The van der Waals surface area contributed by atoms with Gasteiger partial charge in [-0.1, -0.05) is 35.5 Å². The molecule has 0 unspecified atom stereocenters. The normalized spacial score (nSPS) is 11.1. The molecule has 9 heteroatoms. The zero-order valence-electron chi connectivity index (χ0n) is 14.0. The number of nitrogens with one attached hydrogen (secondary N) is 1. The summed E-state index contributed by atoms with van der Waals surface area (Å²) in [7, 11) is 0. The van der Waals surface area contributed by atoms with Crippen molar-refractivity contribution in [1.82, 2.24) is 10.3 Å². The Bertz CT molecular complexity index is 919. The first-order valence-electron chi connectivity index (χ1n) is 7.99. The van der Waals surface area contributed by atoms with Crippen molar-refractivity contribution in [2.45, 2.75) is 18.3 Å². The summed E-state index contributed by atoms with van der Waals surface area (Å²) in [5.74, 6) is 0.119. The van der Waals surface area contributed by atoms with Gasteiger partial charge >= 0.3 is 6.61 Å². The Kier molecular flexibility index (Phi) is 6.52. The van der Waals surface area contributed by atoms with Crippen molar-refractivity contribution in [2.24, 2.45) is 0 Å². The number of ether oxygens (including phenoxy) is 1. The van der Waals surface area contributed by atoms with E-state index in [-0.39, 0.29) is 17.4 Å². The second kappa shape index (κ2) is 9.05. The van der Waals surface area contributed by atoms with Crippen LogP contribution in [0.3, 0.4) is 0 Å². The summed E-state index contributed by atoms with van der Waals surface area (Å²) in [5, 5.41) is 3.75. The van der Waals surface area contributed by atoms with E-state index >= 15 is 0 Å². The van der Waals surface area contributed by atoms with Crippen molar-refractivity contribution in [3.05, 3.63) is 53.1 Å². The molecular formula is C18H15ClF2N2O3S. The highest BCUT2D eigenvalue weighted by atomic mass is 35.5. The van der Waals surface area contributed by atoms with Crippen LogP contribution in [0.15, 0.2) is 52.1 Å². The molecule has 27 heavy (non-hydrogen) atoms. The minimum Gasteiger partial charge on any atom is -0.435 e. The van der Waals surface area contributed by atoms with Gasteiger partial charge in [-0.2, -0.15) is 8.78 Å². The molecule has 0 saturated heterocycles. The predicted octanol–water partition coefficient (Wildman–Crippen LogP) is 4.53. The lowest BCUT2D eigenvalue weighted by Gasteiger charge is -2.07. The number of thioether (sulfide) groups is 1. The van der Waals surface area contributed by atoms with Crippen LogP contribution in [-0.2, 0) is 11.2 Å². The molecule has 0 atom stereocenters. The maximum atomic E-state index is 12.1. The van der Waals surface area contributed by atoms with Gasteiger partial charge < -0.3 is 14.5 Å². The van der Waals surface area contributed by atoms with Gasteiger partial charge in [0, 0.05) is 17.6 Å². The van der Waals surface area contributed by atoms with Crippen molar-refractivity contribution < 1.29 is 22.7 Å². The van der Waals surface area contributed by atoms with E-state index < -0.39 is 6.61 Å². The van der Waals surface area contributed by atoms with Crippen molar-refractivity contribution in [1.29, 1.82) is 0 Å². The number of carbonyl (C=O) groups excluding carboxylic acids is 1. The monoisotopic (exact) mass is 412 g/mol. The average Bonchev–Trinajstić information content (AvgIpc) is 3.03. The molecule has 0 aliphatic rings. The van der Waals surface area contributed by atoms with Crippen LogP contribution in [-0.4, -0.2) is 29.8 Å². The third-order valence-corrected chi connectivity index (χ3v) is 4.61. The zero-order valence-corrected chi connectivity index (χ0v) is 15.5. The van der Waals surface area contributed by atoms with E-state index in [2.05, 4.69) is 15.0 Å². The first-order chi connectivity index (χ1) is 13.0. The van der Waals surface area contributed by atoms with Crippen molar-refractivity contribution in [3.63, 3.8) is 0 Å². The summed E-state index contributed by atoms with van der Waals surface area (Å²) < 4.78 is 34.0. The summed E-state index contributed by atoms with van der Waals surface area (Å²) in [6, 6.07) is 11.5. The Morgan fingerprint density at radius 2 is 2.04 bits per heavy atom. The molecule has 0 fully saturated rings. The molecule has 142 valence electrons. The van der Waals surface area contributed by atoms with Gasteiger partial charge in [-0.3, -0.25) is 4.79 Å². The highest BCUT2D eigenvalue weighted by Gasteiger charge is 2.10. The first-order valence-corrected chi connectivity index (χ1v) is 9.35. The second-order valence-electron chi connectivity index (χ2n) is 5.50. The maximum absolute atomic E-state index is 12.1. The summed E-state index contributed by atoms with van der Waals surface area (Å²) in [5.41, 5.74) is 2.16. The number of aromatic nitrogens is 1. The fourth-order valence-corrected chi connectivity index (χ4v) is 3.13. The second-order valence-corrected chi connectivity index (χ2v) is 6.87. The fraction of sp³-hybridized carbons (Fsp3) is 0.222. The molecule has 3 rings (SSSR count). The Balaban J connectivity index is 1.41. The summed E-state index contributed by atoms with van der Waals surface area (Å²) in [4.78, 5) is 16.2. The zero-order chi connectivity index (χ0) is 19.2. The van der Waals surface area contributed by atoms with E-state index in [1.54, 1.807) is 30.3 Å². The lowest BCUT2D eigenvalue weighted by atomic mass is 10.1. The van der Waals surface area contributed by atoms with E-state index in [0.29, 0.717) is 34.3 Å². The van der Waals surface area contributed by atoms with Gasteiger partial charge in [0.1, 0.15) is 11.3 Å². The molecule has 0 radical (unpaired) electrons. The predicted molar refractivity (Wildman–Crippen MR) is 99.5 cm³/mol. The number of halogens is 3. The van der Waals surface area contributed by atoms with Crippen LogP contribution in [0.4, 0.5) is 8.78 Å². The highest BCUT2D eigenvalue weighted by Crippen LogP contribution is 2.25. The number of hydrogen-bond acceptors (Lipinski definition) is 5. The first kappa shape index (κ1) is 19.4. The number of fused-ring (bicyclic) bond motifs is 1. The average molecular weight is 413 g/mol. The molecule has 0 aliphatic carbocycles. The van der Waals surface area contributed by atoms with Crippen molar-refractivity contribution in [2.75, 3.05) is 12.3 Å². The number of benzene rings is 2. The van der Waals surface area contributed by atoms with Crippen LogP contribution in [0.5, 0.6) is 5.75 Å². The van der Waals surface area contributed by atoms with Gasteiger partial charge in [-0.25, -0.2) is 4.98 Å². The van der Waals surface area contributed by atoms with E-state index in [1.165, 1.54) is 23.9 Å². The number of alkyl halides is 2. The highest BCUT2D eigenvalue weighted by molar-refractivity contribution is 7.99. The Morgan fingerprint density at radius 3 is 2.78 bits per heavy atom. The molecule has 1 aromatic heterocycles. The van der Waals surface area contributed by atoms with Crippen LogP contribution < -0.4 is 10.1 Å². The topological polar surface area (TPSA) is 64.4 Å². The van der Waals surface area contributed by atoms with E-state index in [9.17, 15) is 13.6 Å². The molecule has 3 aromatic rings. The molecule has 0 bridgehead atoms. The standard InChI is InChI=1S/C18H15ClF2N2O3S/c19-12-3-6-14-15(9-12)26-18(23-14)27-10-16(24)22-8-7-11-1-4-13(5-2-11)25-17(20)21/h1-6,9,17H,7-8,10H2,(H,22,24). The van der Waals surface area contributed by atoms with Gasteiger partial charge in [0.05, 0.1) is 5.75 Å². The smallest absolute Gasteiger partial charge is 0.387 e. The summed E-state index contributed by atoms with van der Waals surface area (Å²) >= 11 is 7.09. The van der Waals surface area contributed by atoms with Crippen LogP contribution in [0.2, 0.25) is 5.02 Å². The van der Waals surface area contributed by atoms with Crippen LogP contribution in [0.25, 0.3) is 11.1 Å². The number of nitrogens with zero attached hydrogens (tertiary/aromatic N) is 1. The Labute approximate surface area is 163 Å².